The molecule has 0 radical (unpaired) electrons. The smallest absolute Gasteiger partial charge is 0.252 e. The molecule has 0 fully saturated rings. The lowest BCUT2D eigenvalue weighted by molar-refractivity contribution is 0.0926. The van der Waals surface area contributed by atoms with Gasteiger partial charge in [-0.25, -0.2) is 0 Å². The van der Waals surface area contributed by atoms with Crippen LogP contribution in [-0.4, -0.2) is 34.9 Å². The molecular weight excluding hydrogens is 366 g/mol. The lowest BCUT2D eigenvalue weighted by atomic mass is 9.98. The van der Waals surface area contributed by atoms with E-state index in [2.05, 4.69) is 62.3 Å². The minimum atomic E-state index is -0.0698. The number of hydrogen-bond donors (Lipinski definition) is 1. The third kappa shape index (κ3) is 4.02. The van der Waals surface area contributed by atoms with Crippen LogP contribution in [0.15, 0.2) is 47.2 Å². The van der Waals surface area contributed by atoms with Crippen molar-refractivity contribution in [3.8, 4) is 0 Å². The lowest BCUT2D eigenvalue weighted by Crippen LogP contribution is -2.45. The molecule has 1 aliphatic rings. The van der Waals surface area contributed by atoms with Crippen LogP contribution in [0.4, 0.5) is 0 Å². The van der Waals surface area contributed by atoms with Gasteiger partial charge in [0.2, 0.25) is 0 Å². The Morgan fingerprint density at radius 1 is 1.33 bits per heavy atom. The number of aromatic nitrogens is 1. The van der Waals surface area contributed by atoms with Crippen LogP contribution in [0, 0.1) is 0 Å². The molecule has 1 aliphatic heterocycles. The molecule has 2 heterocycles. The van der Waals surface area contributed by atoms with E-state index >= 15 is 0 Å². The van der Waals surface area contributed by atoms with E-state index in [9.17, 15) is 4.79 Å². The molecule has 0 aliphatic carbocycles. The number of benzene rings is 1. The van der Waals surface area contributed by atoms with Gasteiger partial charge in [-0.2, -0.15) is 0 Å². The molecule has 1 aromatic carbocycles. The van der Waals surface area contributed by atoms with Crippen LogP contribution in [0.2, 0.25) is 0 Å². The number of fused-ring (bicyclic) bond motifs is 1. The van der Waals surface area contributed by atoms with Crippen LogP contribution in [-0.2, 0) is 13.0 Å². The monoisotopic (exact) mass is 387 g/mol. The van der Waals surface area contributed by atoms with Gasteiger partial charge >= 0.3 is 0 Å². The van der Waals surface area contributed by atoms with Gasteiger partial charge in [-0.15, -0.1) is 0 Å². The number of rotatable bonds is 5. The maximum Gasteiger partial charge on any atom is 0.252 e. The Morgan fingerprint density at radius 2 is 2.12 bits per heavy atom. The zero-order valence-electron chi connectivity index (χ0n) is 13.8. The Hall–Kier alpha value is -1.72. The Kier molecular flexibility index (Phi) is 5.63. The number of amides is 1. The number of halogens is 1. The molecule has 1 aromatic heterocycles. The van der Waals surface area contributed by atoms with Crippen molar-refractivity contribution in [1.29, 1.82) is 0 Å². The fourth-order valence-corrected chi connectivity index (χ4v) is 3.57. The third-order valence-electron chi connectivity index (χ3n) is 4.61. The van der Waals surface area contributed by atoms with Crippen molar-refractivity contribution >= 4 is 21.8 Å². The largest absolute Gasteiger partial charge is 0.350 e. The molecule has 1 N–H and O–H groups in total. The van der Waals surface area contributed by atoms with Crippen molar-refractivity contribution in [2.45, 2.75) is 32.4 Å². The summed E-state index contributed by atoms with van der Waals surface area (Å²) in [6, 6.07) is 10.8. The highest BCUT2D eigenvalue weighted by Gasteiger charge is 2.22. The molecule has 1 atom stereocenters. The SMILES string of the molecule is CC[C@H](CNC(=O)c1cncc(Br)c1)N1CCc2ccccc2C1. The number of pyridine rings is 1. The number of nitrogens with zero attached hydrogens (tertiary/aromatic N) is 2. The molecule has 0 saturated heterocycles. The fraction of sp³-hybridized carbons (Fsp3) is 0.368. The van der Waals surface area contributed by atoms with E-state index < -0.39 is 0 Å². The molecule has 0 bridgehead atoms. The zero-order valence-corrected chi connectivity index (χ0v) is 15.4. The molecule has 4 nitrogen and oxygen atoms in total. The normalized spacial score (nSPS) is 15.6. The molecule has 24 heavy (non-hydrogen) atoms. The van der Waals surface area contributed by atoms with E-state index in [-0.39, 0.29) is 5.91 Å². The van der Waals surface area contributed by atoms with Crippen LogP contribution >= 0.6 is 15.9 Å². The van der Waals surface area contributed by atoms with Gasteiger partial charge in [-0.05, 0) is 46.0 Å². The summed E-state index contributed by atoms with van der Waals surface area (Å²) in [6.45, 7) is 4.84. The number of carbonyl (C=O) groups excluding carboxylic acids is 1. The topological polar surface area (TPSA) is 45.2 Å². The van der Waals surface area contributed by atoms with Crippen LogP contribution in [0.5, 0.6) is 0 Å². The van der Waals surface area contributed by atoms with E-state index in [0.717, 1.165) is 30.4 Å². The molecule has 0 unspecified atom stereocenters. The number of hydrogen-bond acceptors (Lipinski definition) is 3. The average Bonchev–Trinajstić information content (AvgIpc) is 2.62. The summed E-state index contributed by atoms with van der Waals surface area (Å²) in [5.41, 5.74) is 3.45. The summed E-state index contributed by atoms with van der Waals surface area (Å²) in [5.74, 6) is -0.0698. The van der Waals surface area contributed by atoms with Gasteiger partial charge in [0.15, 0.2) is 0 Å². The van der Waals surface area contributed by atoms with Gasteiger partial charge < -0.3 is 5.32 Å². The summed E-state index contributed by atoms with van der Waals surface area (Å²) >= 11 is 3.35. The highest BCUT2D eigenvalue weighted by atomic mass is 79.9. The second-order valence-corrected chi connectivity index (χ2v) is 7.07. The first kappa shape index (κ1) is 17.1. The standard InChI is InChI=1S/C19H22BrN3O/c1-2-18(12-22-19(24)16-9-17(20)11-21-10-16)23-8-7-14-5-3-4-6-15(14)13-23/h3-6,9-11,18H,2,7-8,12-13H2,1H3,(H,22,24)/t18-/m1/s1. The van der Waals surface area contributed by atoms with E-state index in [1.165, 1.54) is 11.1 Å². The Bertz CT molecular complexity index is 719. The van der Waals surface area contributed by atoms with Crippen molar-refractivity contribution in [2.75, 3.05) is 13.1 Å². The minimum Gasteiger partial charge on any atom is -0.350 e. The molecule has 5 heteroatoms. The first-order chi connectivity index (χ1) is 11.7. The van der Waals surface area contributed by atoms with Gasteiger partial charge in [0.1, 0.15) is 0 Å². The summed E-state index contributed by atoms with van der Waals surface area (Å²) in [6.07, 6.45) is 5.37. The molecular formula is C19H22BrN3O. The summed E-state index contributed by atoms with van der Waals surface area (Å²) < 4.78 is 0.815. The summed E-state index contributed by atoms with van der Waals surface area (Å²) in [4.78, 5) is 18.8. The molecule has 3 rings (SSSR count). The zero-order chi connectivity index (χ0) is 16.9. The summed E-state index contributed by atoms with van der Waals surface area (Å²) in [5, 5.41) is 3.06. The van der Waals surface area contributed by atoms with Crippen molar-refractivity contribution in [1.82, 2.24) is 15.2 Å². The van der Waals surface area contributed by atoms with Crippen LogP contribution in [0.25, 0.3) is 0 Å². The summed E-state index contributed by atoms with van der Waals surface area (Å²) in [7, 11) is 0. The molecule has 1 amide bonds. The van der Waals surface area contributed by atoms with Gasteiger partial charge in [-0.3, -0.25) is 14.7 Å². The van der Waals surface area contributed by atoms with Crippen LogP contribution < -0.4 is 5.32 Å². The maximum absolute atomic E-state index is 12.3. The minimum absolute atomic E-state index is 0.0698. The Balaban J connectivity index is 1.60. The quantitative estimate of drug-likeness (QED) is 0.854. The van der Waals surface area contributed by atoms with Crippen molar-refractivity contribution in [3.63, 3.8) is 0 Å². The van der Waals surface area contributed by atoms with Gasteiger partial charge in [0.25, 0.3) is 5.91 Å². The van der Waals surface area contributed by atoms with Crippen molar-refractivity contribution < 1.29 is 4.79 Å². The van der Waals surface area contributed by atoms with Crippen LogP contribution in [0.1, 0.15) is 34.8 Å². The third-order valence-corrected chi connectivity index (χ3v) is 5.05. The lowest BCUT2D eigenvalue weighted by Gasteiger charge is -2.35. The number of carbonyl (C=O) groups is 1. The average molecular weight is 388 g/mol. The van der Waals surface area contributed by atoms with E-state index in [4.69, 9.17) is 0 Å². The fourth-order valence-electron chi connectivity index (χ4n) is 3.21. The highest BCUT2D eigenvalue weighted by molar-refractivity contribution is 9.10. The molecule has 2 aromatic rings. The van der Waals surface area contributed by atoms with Crippen LogP contribution in [0.3, 0.4) is 0 Å². The number of nitrogens with one attached hydrogen (secondary N) is 1. The van der Waals surface area contributed by atoms with E-state index in [1.807, 2.05) is 0 Å². The van der Waals surface area contributed by atoms with Crippen molar-refractivity contribution in [3.05, 3.63) is 63.9 Å². The second-order valence-electron chi connectivity index (χ2n) is 6.15. The molecule has 0 saturated carbocycles. The van der Waals surface area contributed by atoms with E-state index in [0.29, 0.717) is 18.2 Å². The Labute approximate surface area is 151 Å². The molecule has 0 spiro atoms. The van der Waals surface area contributed by atoms with Gasteiger partial charge in [0.05, 0.1) is 5.56 Å². The van der Waals surface area contributed by atoms with Gasteiger partial charge in [0, 0.05) is 42.5 Å². The van der Waals surface area contributed by atoms with Gasteiger partial charge in [-0.1, -0.05) is 31.2 Å². The first-order valence-electron chi connectivity index (χ1n) is 8.37. The second kappa shape index (κ2) is 7.90. The predicted molar refractivity (Wildman–Crippen MR) is 98.9 cm³/mol. The first-order valence-corrected chi connectivity index (χ1v) is 9.16. The molecule has 126 valence electrons. The van der Waals surface area contributed by atoms with E-state index in [1.54, 1.807) is 18.5 Å². The maximum atomic E-state index is 12.3. The predicted octanol–water partition coefficient (Wildman–Crippen LogP) is 3.41. The van der Waals surface area contributed by atoms with Crippen molar-refractivity contribution in [2.24, 2.45) is 0 Å². The highest BCUT2D eigenvalue weighted by Crippen LogP contribution is 2.21. The Morgan fingerprint density at radius 3 is 2.88 bits per heavy atom.